The highest BCUT2D eigenvalue weighted by Gasteiger charge is 2.19. The third kappa shape index (κ3) is 4.64. The molecule has 5 heteroatoms. The van der Waals surface area contributed by atoms with Crippen molar-refractivity contribution in [3.05, 3.63) is 65.4 Å². The zero-order chi connectivity index (χ0) is 15.4. The van der Waals surface area contributed by atoms with E-state index in [1.807, 2.05) is 6.07 Å². The van der Waals surface area contributed by atoms with Crippen LogP contribution in [-0.4, -0.2) is 6.54 Å². The molecule has 0 spiro atoms. The fourth-order valence-corrected chi connectivity index (χ4v) is 4.28. The molecule has 0 bridgehead atoms. The first-order valence-electron chi connectivity index (χ1n) is 6.66. The second kappa shape index (κ2) is 8.25. The molecule has 0 aromatic heterocycles. The van der Waals surface area contributed by atoms with Gasteiger partial charge in [0.15, 0.2) is 0 Å². The van der Waals surface area contributed by atoms with Gasteiger partial charge < -0.3 is 5.32 Å². The van der Waals surface area contributed by atoms with Gasteiger partial charge in [-0.15, -0.1) is 0 Å². The van der Waals surface area contributed by atoms with E-state index in [2.05, 4.69) is 106 Å². The monoisotopic (exact) mass is 537 g/mol. The van der Waals surface area contributed by atoms with E-state index in [-0.39, 0.29) is 6.04 Å². The summed E-state index contributed by atoms with van der Waals surface area (Å²) in [6, 6.07) is 12.7. The molecule has 2 aromatic carbocycles. The molecule has 1 nitrogen and oxygen atoms in total. The van der Waals surface area contributed by atoms with Crippen LogP contribution in [0.3, 0.4) is 0 Å². The Kier molecular flexibility index (Phi) is 6.94. The fourth-order valence-electron chi connectivity index (χ4n) is 2.15. The second-order valence-electron chi connectivity index (χ2n) is 4.72. The minimum atomic E-state index is 0.138. The zero-order valence-corrected chi connectivity index (χ0v) is 17.8. The van der Waals surface area contributed by atoms with E-state index in [1.54, 1.807) is 0 Å². The summed E-state index contributed by atoms with van der Waals surface area (Å²) in [5.41, 5.74) is 2.45. The van der Waals surface area contributed by atoms with Crippen LogP contribution in [0.2, 0.25) is 0 Å². The van der Waals surface area contributed by atoms with Crippen molar-refractivity contribution in [1.82, 2.24) is 5.32 Å². The lowest BCUT2D eigenvalue weighted by Gasteiger charge is -2.22. The molecule has 1 N–H and O–H groups in total. The van der Waals surface area contributed by atoms with Crippen LogP contribution >= 0.6 is 63.7 Å². The van der Waals surface area contributed by atoms with Crippen LogP contribution in [0.25, 0.3) is 0 Å². The van der Waals surface area contributed by atoms with Crippen molar-refractivity contribution >= 4 is 63.7 Å². The van der Waals surface area contributed by atoms with E-state index in [0.29, 0.717) is 0 Å². The lowest BCUT2D eigenvalue weighted by atomic mass is 9.98. The molecule has 0 aliphatic carbocycles. The molecule has 1 atom stereocenters. The average Bonchev–Trinajstić information content (AvgIpc) is 2.44. The standard InChI is InChI=1S/C16H15Br4N/c1-2-7-21-16(12-5-3-11(18)9-15(12)20)13-8-10(17)4-6-14(13)19/h3-6,8-9,16,21H,2,7H2,1H3. The van der Waals surface area contributed by atoms with Crippen LogP contribution in [0.1, 0.15) is 30.5 Å². The van der Waals surface area contributed by atoms with E-state index in [1.165, 1.54) is 11.1 Å². The summed E-state index contributed by atoms with van der Waals surface area (Å²) in [4.78, 5) is 0. The summed E-state index contributed by atoms with van der Waals surface area (Å²) in [5, 5.41) is 3.63. The minimum absolute atomic E-state index is 0.138. The van der Waals surface area contributed by atoms with E-state index in [4.69, 9.17) is 0 Å². The van der Waals surface area contributed by atoms with Gasteiger partial charge in [-0.3, -0.25) is 0 Å². The molecule has 2 aromatic rings. The second-order valence-corrected chi connectivity index (χ2v) is 8.26. The Morgan fingerprint density at radius 2 is 1.52 bits per heavy atom. The predicted molar refractivity (Wildman–Crippen MR) is 104 cm³/mol. The Morgan fingerprint density at radius 3 is 2.19 bits per heavy atom. The highest BCUT2D eigenvalue weighted by Crippen LogP contribution is 2.35. The Bertz CT molecular complexity index is 628. The van der Waals surface area contributed by atoms with E-state index in [9.17, 15) is 0 Å². The summed E-state index contributed by atoms with van der Waals surface area (Å²) in [7, 11) is 0. The van der Waals surface area contributed by atoms with Crippen LogP contribution in [0.5, 0.6) is 0 Å². The Labute approximate surface area is 159 Å². The average molecular weight is 541 g/mol. The zero-order valence-electron chi connectivity index (χ0n) is 11.5. The van der Waals surface area contributed by atoms with Crippen LogP contribution in [0, 0.1) is 0 Å². The van der Waals surface area contributed by atoms with Gasteiger partial charge in [-0.2, -0.15) is 0 Å². The van der Waals surface area contributed by atoms with Gasteiger partial charge in [0.05, 0.1) is 6.04 Å². The van der Waals surface area contributed by atoms with Crippen LogP contribution < -0.4 is 5.32 Å². The van der Waals surface area contributed by atoms with Gasteiger partial charge in [0, 0.05) is 17.9 Å². The number of hydrogen-bond acceptors (Lipinski definition) is 1. The molecule has 0 saturated carbocycles. The van der Waals surface area contributed by atoms with Gasteiger partial charge in [-0.05, 0) is 54.4 Å². The topological polar surface area (TPSA) is 12.0 Å². The van der Waals surface area contributed by atoms with Crippen molar-refractivity contribution in [3.63, 3.8) is 0 Å². The summed E-state index contributed by atoms with van der Waals surface area (Å²) in [6.07, 6.45) is 1.09. The van der Waals surface area contributed by atoms with Gasteiger partial charge in [0.1, 0.15) is 0 Å². The molecule has 0 heterocycles. The maximum Gasteiger partial charge on any atom is 0.0599 e. The van der Waals surface area contributed by atoms with E-state index < -0.39 is 0 Å². The van der Waals surface area contributed by atoms with Crippen LogP contribution in [0.15, 0.2) is 54.3 Å². The smallest absolute Gasteiger partial charge is 0.0599 e. The van der Waals surface area contributed by atoms with Crippen molar-refractivity contribution in [2.75, 3.05) is 6.54 Å². The first-order valence-corrected chi connectivity index (χ1v) is 9.83. The number of hydrogen-bond donors (Lipinski definition) is 1. The lowest BCUT2D eigenvalue weighted by molar-refractivity contribution is 0.595. The molecule has 2 rings (SSSR count). The molecule has 1 unspecified atom stereocenters. The summed E-state index contributed by atoms with van der Waals surface area (Å²) >= 11 is 14.4. The van der Waals surface area contributed by atoms with Gasteiger partial charge in [-0.25, -0.2) is 0 Å². The van der Waals surface area contributed by atoms with E-state index in [0.717, 1.165) is 30.9 Å². The molecular weight excluding hydrogens is 526 g/mol. The van der Waals surface area contributed by atoms with Gasteiger partial charge in [0.25, 0.3) is 0 Å². The van der Waals surface area contributed by atoms with Crippen molar-refractivity contribution in [2.45, 2.75) is 19.4 Å². The molecule has 0 aliphatic rings. The third-order valence-corrected chi connectivity index (χ3v) is 5.54. The highest BCUT2D eigenvalue weighted by molar-refractivity contribution is 9.11. The molecule has 0 aliphatic heterocycles. The molecule has 0 fully saturated rings. The van der Waals surface area contributed by atoms with Gasteiger partial charge in [0.2, 0.25) is 0 Å². The number of rotatable bonds is 5. The quantitative estimate of drug-likeness (QED) is 0.438. The predicted octanol–water partition coefficient (Wildman–Crippen LogP) is 6.83. The molecule has 0 saturated heterocycles. The Morgan fingerprint density at radius 1 is 0.857 bits per heavy atom. The Hall–Kier alpha value is 0.320. The number of benzene rings is 2. The maximum absolute atomic E-state index is 3.68. The SMILES string of the molecule is CCCNC(c1ccc(Br)cc1Br)c1cc(Br)ccc1Br. The van der Waals surface area contributed by atoms with Gasteiger partial charge in [-0.1, -0.05) is 76.7 Å². The lowest BCUT2D eigenvalue weighted by Crippen LogP contribution is -2.24. The fraction of sp³-hybridized carbons (Fsp3) is 0.250. The maximum atomic E-state index is 3.68. The van der Waals surface area contributed by atoms with Crippen molar-refractivity contribution < 1.29 is 0 Å². The first kappa shape index (κ1) is 17.7. The molecule has 21 heavy (non-hydrogen) atoms. The first-order chi connectivity index (χ1) is 10.0. The van der Waals surface area contributed by atoms with Crippen molar-refractivity contribution in [2.24, 2.45) is 0 Å². The summed E-state index contributed by atoms with van der Waals surface area (Å²) < 4.78 is 4.35. The highest BCUT2D eigenvalue weighted by atomic mass is 79.9. The molecule has 112 valence electrons. The van der Waals surface area contributed by atoms with Crippen molar-refractivity contribution in [3.8, 4) is 0 Å². The Balaban J connectivity index is 2.49. The van der Waals surface area contributed by atoms with Crippen LogP contribution in [-0.2, 0) is 0 Å². The normalized spacial score (nSPS) is 12.4. The number of nitrogens with one attached hydrogen (secondary N) is 1. The molecule has 0 radical (unpaired) electrons. The largest absolute Gasteiger partial charge is 0.306 e. The minimum Gasteiger partial charge on any atom is -0.306 e. The van der Waals surface area contributed by atoms with Crippen LogP contribution in [0.4, 0.5) is 0 Å². The summed E-state index contributed by atoms with van der Waals surface area (Å²) in [5.74, 6) is 0. The number of halogens is 4. The van der Waals surface area contributed by atoms with Crippen molar-refractivity contribution in [1.29, 1.82) is 0 Å². The van der Waals surface area contributed by atoms with E-state index >= 15 is 0 Å². The third-order valence-electron chi connectivity index (χ3n) is 3.14. The van der Waals surface area contributed by atoms with Gasteiger partial charge >= 0.3 is 0 Å². The molecule has 0 amide bonds. The molecular formula is C16H15Br4N. The summed E-state index contributed by atoms with van der Waals surface area (Å²) in [6.45, 7) is 3.14.